The fourth-order valence-electron chi connectivity index (χ4n) is 4.04. The molecule has 0 atom stereocenters. The highest BCUT2D eigenvalue weighted by Gasteiger charge is 2.28. The van der Waals surface area contributed by atoms with Crippen LogP contribution in [0.3, 0.4) is 0 Å². The Bertz CT molecular complexity index is 840. The number of anilines is 1. The van der Waals surface area contributed by atoms with E-state index in [0.29, 0.717) is 13.0 Å². The average Bonchev–Trinajstić information content (AvgIpc) is 3.07. The maximum absolute atomic E-state index is 12.6. The van der Waals surface area contributed by atoms with E-state index in [0.717, 1.165) is 44.0 Å². The first-order valence-electron chi connectivity index (χ1n) is 9.99. The Morgan fingerprint density at radius 2 is 1.93 bits per heavy atom. The molecule has 1 N–H and O–H groups in total. The van der Waals surface area contributed by atoms with Crippen LogP contribution in [0.5, 0.6) is 0 Å². The SMILES string of the molecule is Cc1cc2n(n1)CCC(=O)N2CC(=O)NC1CCN(Cc2ccccc2)CC1. The minimum atomic E-state index is -0.0952. The molecule has 0 spiro atoms. The van der Waals surface area contributed by atoms with Gasteiger partial charge in [-0.25, -0.2) is 4.68 Å². The summed E-state index contributed by atoms with van der Waals surface area (Å²) in [5.74, 6) is 0.615. The number of piperidine rings is 1. The molecular formula is C21H27N5O2. The van der Waals surface area contributed by atoms with Crippen LogP contribution in [0.4, 0.5) is 5.82 Å². The molecule has 1 aromatic heterocycles. The number of fused-ring (bicyclic) bond motifs is 1. The van der Waals surface area contributed by atoms with Crippen molar-refractivity contribution in [3.8, 4) is 0 Å². The van der Waals surface area contributed by atoms with Crippen molar-refractivity contribution in [3.05, 3.63) is 47.7 Å². The zero-order valence-corrected chi connectivity index (χ0v) is 16.3. The van der Waals surface area contributed by atoms with Crippen LogP contribution in [0.1, 0.15) is 30.5 Å². The van der Waals surface area contributed by atoms with Crippen molar-refractivity contribution in [2.45, 2.75) is 45.3 Å². The molecule has 7 heteroatoms. The Balaban J connectivity index is 1.28. The molecule has 1 saturated heterocycles. The van der Waals surface area contributed by atoms with Crippen LogP contribution in [-0.4, -0.2) is 52.2 Å². The summed E-state index contributed by atoms with van der Waals surface area (Å²) in [6.07, 6.45) is 2.26. The summed E-state index contributed by atoms with van der Waals surface area (Å²) in [5, 5.41) is 7.51. The Hall–Kier alpha value is -2.67. The fraction of sp³-hybridized carbons (Fsp3) is 0.476. The number of rotatable bonds is 5. The molecule has 148 valence electrons. The molecule has 1 aromatic carbocycles. The van der Waals surface area contributed by atoms with Gasteiger partial charge in [0.1, 0.15) is 12.4 Å². The minimum absolute atomic E-state index is 0.0137. The van der Waals surface area contributed by atoms with Crippen molar-refractivity contribution < 1.29 is 9.59 Å². The second kappa shape index (κ2) is 8.14. The van der Waals surface area contributed by atoms with E-state index in [9.17, 15) is 9.59 Å². The number of hydrogen-bond acceptors (Lipinski definition) is 4. The second-order valence-electron chi connectivity index (χ2n) is 7.70. The van der Waals surface area contributed by atoms with Gasteiger partial charge in [-0.15, -0.1) is 0 Å². The lowest BCUT2D eigenvalue weighted by Gasteiger charge is -2.33. The number of amides is 2. The van der Waals surface area contributed by atoms with Gasteiger partial charge < -0.3 is 5.32 Å². The number of carbonyl (C=O) groups is 2. The first kappa shape index (κ1) is 18.7. The number of aromatic nitrogens is 2. The van der Waals surface area contributed by atoms with Gasteiger partial charge in [-0.05, 0) is 25.3 Å². The number of hydrogen-bond donors (Lipinski definition) is 1. The van der Waals surface area contributed by atoms with Gasteiger partial charge >= 0.3 is 0 Å². The molecule has 7 nitrogen and oxygen atoms in total. The van der Waals surface area contributed by atoms with Gasteiger partial charge in [0.25, 0.3) is 0 Å². The molecule has 1 fully saturated rings. The van der Waals surface area contributed by atoms with Crippen LogP contribution in [0, 0.1) is 6.92 Å². The predicted octanol–water partition coefficient (Wildman–Crippen LogP) is 1.71. The molecule has 2 amide bonds. The lowest BCUT2D eigenvalue weighted by Crippen LogP contribution is -2.49. The quantitative estimate of drug-likeness (QED) is 0.856. The van der Waals surface area contributed by atoms with Gasteiger partial charge in [0.05, 0.1) is 12.2 Å². The van der Waals surface area contributed by atoms with Gasteiger partial charge in [-0.3, -0.25) is 19.4 Å². The van der Waals surface area contributed by atoms with E-state index in [1.54, 1.807) is 4.90 Å². The molecule has 0 unspecified atom stereocenters. The van der Waals surface area contributed by atoms with E-state index in [-0.39, 0.29) is 24.4 Å². The second-order valence-corrected chi connectivity index (χ2v) is 7.70. The van der Waals surface area contributed by atoms with Crippen LogP contribution in [0.2, 0.25) is 0 Å². The predicted molar refractivity (Wildman–Crippen MR) is 107 cm³/mol. The average molecular weight is 381 g/mol. The summed E-state index contributed by atoms with van der Waals surface area (Å²) in [6, 6.07) is 12.5. The molecule has 28 heavy (non-hydrogen) atoms. The highest BCUT2D eigenvalue weighted by Crippen LogP contribution is 2.22. The smallest absolute Gasteiger partial charge is 0.240 e. The van der Waals surface area contributed by atoms with E-state index in [1.165, 1.54) is 5.56 Å². The third-order valence-electron chi connectivity index (χ3n) is 5.50. The highest BCUT2D eigenvalue weighted by atomic mass is 16.2. The summed E-state index contributed by atoms with van der Waals surface area (Å²) in [5.41, 5.74) is 2.18. The molecule has 0 bridgehead atoms. The Morgan fingerprint density at radius 3 is 2.68 bits per heavy atom. The summed E-state index contributed by atoms with van der Waals surface area (Å²) in [7, 11) is 0. The number of nitrogens with zero attached hydrogens (tertiary/aromatic N) is 4. The summed E-state index contributed by atoms with van der Waals surface area (Å²) in [4.78, 5) is 28.9. The van der Waals surface area contributed by atoms with Gasteiger partial charge in [-0.2, -0.15) is 5.10 Å². The normalized spacial score (nSPS) is 18.2. The van der Waals surface area contributed by atoms with Gasteiger partial charge in [0.15, 0.2) is 0 Å². The zero-order valence-electron chi connectivity index (χ0n) is 16.3. The topological polar surface area (TPSA) is 70.5 Å². The first-order valence-corrected chi connectivity index (χ1v) is 9.99. The van der Waals surface area contributed by atoms with E-state index >= 15 is 0 Å². The standard InChI is InChI=1S/C21H27N5O2/c1-16-13-20-25(21(28)9-12-26(20)23-16)15-19(27)22-18-7-10-24(11-8-18)14-17-5-3-2-4-6-17/h2-6,13,18H,7-12,14-15H2,1H3,(H,22,27). The van der Waals surface area contributed by atoms with Crippen LogP contribution >= 0.6 is 0 Å². The first-order chi connectivity index (χ1) is 13.6. The Kier molecular flexibility index (Phi) is 5.43. The molecule has 0 radical (unpaired) electrons. The molecule has 2 aliphatic heterocycles. The zero-order chi connectivity index (χ0) is 19.5. The van der Waals surface area contributed by atoms with Crippen LogP contribution in [0.15, 0.2) is 36.4 Å². The van der Waals surface area contributed by atoms with Crippen molar-refractivity contribution in [3.63, 3.8) is 0 Å². The van der Waals surface area contributed by atoms with Crippen molar-refractivity contribution in [2.24, 2.45) is 0 Å². The van der Waals surface area contributed by atoms with Crippen LogP contribution in [0.25, 0.3) is 0 Å². The molecular weight excluding hydrogens is 354 g/mol. The van der Waals surface area contributed by atoms with E-state index in [1.807, 2.05) is 23.7 Å². The van der Waals surface area contributed by atoms with E-state index in [4.69, 9.17) is 0 Å². The monoisotopic (exact) mass is 381 g/mol. The molecule has 2 aliphatic rings. The van der Waals surface area contributed by atoms with Crippen molar-refractivity contribution in [2.75, 3.05) is 24.5 Å². The van der Waals surface area contributed by atoms with Gasteiger partial charge in [-0.1, -0.05) is 30.3 Å². The highest BCUT2D eigenvalue weighted by molar-refractivity contribution is 5.99. The van der Waals surface area contributed by atoms with Crippen molar-refractivity contribution in [1.29, 1.82) is 0 Å². The molecule has 3 heterocycles. The number of carbonyl (C=O) groups excluding carboxylic acids is 2. The molecule has 4 rings (SSSR count). The third kappa shape index (κ3) is 4.25. The Labute approximate surface area is 165 Å². The summed E-state index contributed by atoms with van der Waals surface area (Å²) >= 11 is 0. The number of likely N-dealkylation sites (tertiary alicyclic amines) is 1. The molecule has 0 saturated carbocycles. The van der Waals surface area contributed by atoms with E-state index in [2.05, 4.69) is 39.6 Å². The number of nitrogens with one attached hydrogen (secondary N) is 1. The number of benzene rings is 1. The van der Waals surface area contributed by atoms with Gasteiger partial charge in [0, 0.05) is 38.2 Å². The van der Waals surface area contributed by atoms with Gasteiger partial charge in [0.2, 0.25) is 11.8 Å². The number of aryl methyl sites for hydroxylation is 2. The largest absolute Gasteiger partial charge is 0.352 e. The maximum atomic E-state index is 12.6. The van der Waals surface area contributed by atoms with Crippen LogP contribution in [-0.2, 0) is 22.7 Å². The summed E-state index contributed by atoms with van der Waals surface area (Å²) in [6.45, 7) is 5.43. The Morgan fingerprint density at radius 1 is 1.18 bits per heavy atom. The molecule has 2 aromatic rings. The maximum Gasteiger partial charge on any atom is 0.240 e. The lowest BCUT2D eigenvalue weighted by molar-refractivity contribution is -0.125. The summed E-state index contributed by atoms with van der Waals surface area (Å²) < 4.78 is 1.81. The lowest BCUT2D eigenvalue weighted by atomic mass is 10.0. The minimum Gasteiger partial charge on any atom is -0.352 e. The third-order valence-corrected chi connectivity index (χ3v) is 5.50. The fourth-order valence-corrected chi connectivity index (χ4v) is 4.04. The van der Waals surface area contributed by atoms with Crippen molar-refractivity contribution >= 4 is 17.6 Å². The van der Waals surface area contributed by atoms with Crippen LogP contribution < -0.4 is 10.2 Å². The molecule has 0 aliphatic carbocycles. The van der Waals surface area contributed by atoms with Crippen molar-refractivity contribution in [1.82, 2.24) is 20.0 Å². The van der Waals surface area contributed by atoms with E-state index < -0.39 is 0 Å².